The number of hydrogen-bond acceptors (Lipinski definition) is 2. The summed E-state index contributed by atoms with van der Waals surface area (Å²) in [4.78, 5) is 12.0. The van der Waals surface area contributed by atoms with Gasteiger partial charge in [-0.05, 0) is 36.2 Å². The van der Waals surface area contributed by atoms with Crippen molar-refractivity contribution in [3.05, 3.63) is 58.6 Å². The zero-order valence-electron chi connectivity index (χ0n) is 12.3. The van der Waals surface area contributed by atoms with E-state index in [1.165, 1.54) is 0 Å². The molecule has 0 unspecified atom stereocenters. The Morgan fingerprint density at radius 2 is 1.75 bits per heavy atom. The van der Waals surface area contributed by atoms with Crippen LogP contribution >= 0.6 is 11.6 Å². The van der Waals surface area contributed by atoms with Gasteiger partial charge < -0.3 is 15.7 Å². The standard InChI is InChI=1S/C16H14ClF3N2O2/c17-12-6-5-11(16(18,19)20)9-14(12)22-15(24)21-13-4-2-1-3-10(13)7-8-23/h1-6,9,23H,7-8H2,(H2,21,22,24). The van der Waals surface area contributed by atoms with Crippen molar-refractivity contribution in [2.45, 2.75) is 12.6 Å². The topological polar surface area (TPSA) is 61.4 Å². The first-order chi connectivity index (χ1) is 11.3. The Balaban J connectivity index is 2.16. The third-order valence-corrected chi connectivity index (χ3v) is 3.52. The van der Waals surface area contributed by atoms with Crippen molar-refractivity contribution in [1.82, 2.24) is 0 Å². The molecule has 2 rings (SSSR count). The number of halogens is 4. The van der Waals surface area contributed by atoms with Crippen LogP contribution in [0.3, 0.4) is 0 Å². The predicted octanol–water partition coefficient (Wildman–Crippen LogP) is 4.54. The normalized spacial score (nSPS) is 11.2. The van der Waals surface area contributed by atoms with E-state index in [4.69, 9.17) is 16.7 Å². The van der Waals surface area contributed by atoms with E-state index in [0.717, 1.165) is 18.2 Å². The molecule has 0 aliphatic heterocycles. The summed E-state index contributed by atoms with van der Waals surface area (Å²) < 4.78 is 38.2. The number of aliphatic hydroxyl groups excluding tert-OH is 1. The van der Waals surface area contributed by atoms with Crippen molar-refractivity contribution < 1.29 is 23.1 Å². The van der Waals surface area contributed by atoms with Crippen LogP contribution in [0.4, 0.5) is 29.3 Å². The molecule has 0 fully saturated rings. The van der Waals surface area contributed by atoms with Gasteiger partial charge in [-0.15, -0.1) is 0 Å². The summed E-state index contributed by atoms with van der Waals surface area (Å²) in [5, 5.41) is 13.8. The monoisotopic (exact) mass is 358 g/mol. The van der Waals surface area contributed by atoms with Gasteiger partial charge in [0.2, 0.25) is 0 Å². The molecule has 2 amide bonds. The number of aliphatic hydroxyl groups is 1. The van der Waals surface area contributed by atoms with Crippen LogP contribution in [0.15, 0.2) is 42.5 Å². The van der Waals surface area contributed by atoms with Gasteiger partial charge in [0, 0.05) is 12.3 Å². The molecule has 0 aliphatic carbocycles. The maximum Gasteiger partial charge on any atom is 0.416 e. The number of carbonyl (C=O) groups is 1. The molecule has 24 heavy (non-hydrogen) atoms. The van der Waals surface area contributed by atoms with E-state index in [1.807, 2.05) is 0 Å². The number of nitrogens with one attached hydrogen (secondary N) is 2. The van der Waals surface area contributed by atoms with Crippen LogP contribution in [0.5, 0.6) is 0 Å². The summed E-state index contributed by atoms with van der Waals surface area (Å²) in [6, 6.07) is 8.72. The summed E-state index contributed by atoms with van der Waals surface area (Å²) in [5.74, 6) is 0. The van der Waals surface area contributed by atoms with Crippen LogP contribution < -0.4 is 10.6 Å². The van der Waals surface area contributed by atoms with Crippen LogP contribution in [-0.2, 0) is 12.6 Å². The summed E-state index contributed by atoms with van der Waals surface area (Å²) in [7, 11) is 0. The molecule has 0 saturated heterocycles. The zero-order chi connectivity index (χ0) is 17.7. The molecule has 0 radical (unpaired) electrons. The SMILES string of the molecule is O=C(Nc1cc(C(F)(F)F)ccc1Cl)Nc1ccccc1CCO. The minimum atomic E-state index is -4.54. The molecule has 8 heteroatoms. The van der Waals surface area contributed by atoms with E-state index < -0.39 is 17.8 Å². The van der Waals surface area contributed by atoms with Crippen molar-refractivity contribution >= 4 is 29.0 Å². The fourth-order valence-electron chi connectivity index (χ4n) is 2.05. The van der Waals surface area contributed by atoms with Gasteiger partial charge in [0.05, 0.1) is 16.3 Å². The highest BCUT2D eigenvalue weighted by atomic mass is 35.5. The Bertz CT molecular complexity index is 736. The lowest BCUT2D eigenvalue weighted by atomic mass is 10.1. The van der Waals surface area contributed by atoms with E-state index in [-0.39, 0.29) is 17.3 Å². The van der Waals surface area contributed by atoms with Crippen LogP contribution in [0.1, 0.15) is 11.1 Å². The van der Waals surface area contributed by atoms with Crippen molar-refractivity contribution in [1.29, 1.82) is 0 Å². The van der Waals surface area contributed by atoms with Crippen molar-refractivity contribution in [3.8, 4) is 0 Å². The molecule has 0 bridgehead atoms. The molecule has 0 atom stereocenters. The van der Waals surface area contributed by atoms with E-state index in [1.54, 1.807) is 24.3 Å². The zero-order valence-corrected chi connectivity index (χ0v) is 13.1. The number of anilines is 2. The van der Waals surface area contributed by atoms with Crippen molar-refractivity contribution in [2.75, 3.05) is 17.2 Å². The number of benzene rings is 2. The lowest BCUT2D eigenvalue weighted by Crippen LogP contribution is -2.21. The van der Waals surface area contributed by atoms with Gasteiger partial charge in [-0.3, -0.25) is 0 Å². The molecule has 0 aromatic heterocycles. The van der Waals surface area contributed by atoms with E-state index in [2.05, 4.69) is 10.6 Å². The Morgan fingerprint density at radius 1 is 1.08 bits per heavy atom. The molecule has 0 heterocycles. The van der Waals surface area contributed by atoms with Gasteiger partial charge in [-0.25, -0.2) is 4.79 Å². The average Bonchev–Trinajstić information content (AvgIpc) is 2.50. The Labute approximate surface area is 141 Å². The number of alkyl halides is 3. The first-order valence-electron chi connectivity index (χ1n) is 6.95. The number of urea groups is 1. The van der Waals surface area contributed by atoms with E-state index in [9.17, 15) is 18.0 Å². The largest absolute Gasteiger partial charge is 0.416 e. The van der Waals surface area contributed by atoms with Crippen LogP contribution in [0.25, 0.3) is 0 Å². The summed E-state index contributed by atoms with van der Waals surface area (Å²) in [5.41, 5.74) is 0.0870. The maximum absolute atomic E-state index is 12.7. The molecule has 0 spiro atoms. The average molecular weight is 359 g/mol. The molecule has 2 aromatic rings. The van der Waals surface area contributed by atoms with Gasteiger partial charge in [0.1, 0.15) is 0 Å². The minimum absolute atomic E-state index is 0.0122. The second kappa shape index (κ2) is 7.55. The van der Waals surface area contributed by atoms with E-state index >= 15 is 0 Å². The minimum Gasteiger partial charge on any atom is -0.396 e. The molecular weight excluding hydrogens is 345 g/mol. The second-order valence-electron chi connectivity index (χ2n) is 4.90. The number of amides is 2. The second-order valence-corrected chi connectivity index (χ2v) is 5.31. The lowest BCUT2D eigenvalue weighted by Gasteiger charge is -2.14. The fourth-order valence-corrected chi connectivity index (χ4v) is 2.22. The number of hydrogen-bond donors (Lipinski definition) is 3. The Morgan fingerprint density at radius 3 is 2.42 bits per heavy atom. The highest BCUT2D eigenvalue weighted by Gasteiger charge is 2.31. The first kappa shape index (κ1) is 18.1. The molecule has 0 saturated carbocycles. The van der Waals surface area contributed by atoms with Crippen molar-refractivity contribution in [2.24, 2.45) is 0 Å². The molecule has 2 aromatic carbocycles. The number of rotatable bonds is 4. The van der Waals surface area contributed by atoms with Gasteiger partial charge in [-0.1, -0.05) is 29.8 Å². The Kier molecular flexibility index (Phi) is 5.69. The first-order valence-corrected chi connectivity index (χ1v) is 7.32. The molecular formula is C16H14ClF3N2O2. The molecule has 3 N–H and O–H groups in total. The van der Waals surface area contributed by atoms with Gasteiger partial charge in [0.15, 0.2) is 0 Å². The van der Waals surface area contributed by atoms with Gasteiger partial charge in [0.25, 0.3) is 0 Å². The highest BCUT2D eigenvalue weighted by Crippen LogP contribution is 2.33. The van der Waals surface area contributed by atoms with Gasteiger partial charge in [-0.2, -0.15) is 13.2 Å². The Hall–Kier alpha value is -2.25. The smallest absolute Gasteiger partial charge is 0.396 e. The summed E-state index contributed by atoms with van der Waals surface area (Å²) in [6.07, 6.45) is -4.20. The fraction of sp³-hybridized carbons (Fsp3) is 0.188. The highest BCUT2D eigenvalue weighted by molar-refractivity contribution is 6.33. The van der Waals surface area contributed by atoms with Crippen LogP contribution in [0.2, 0.25) is 5.02 Å². The van der Waals surface area contributed by atoms with Crippen LogP contribution in [0, 0.1) is 0 Å². The van der Waals surface area contributed by atoms with Crippen molar-refractivity contribution in [3.63, 3.8) is 0 Å². The summed E-state index contributed by atoms with van der Waals surface area (Å²) in [6.45, 7) is -0.0975. The van der Waals surface area contributed by atoms with Crippen LogP contribution in [-0.4, -0.2) is 17.7 Å². The lowest BCUT2D eigenvalue weighted by molar-refractivity contribution is -0.137. The van der Waals surface area contributed by atoms with E-state index in [0.29, 0.717) is 17.7 Å². The predicted molar refractivity (Wildman–Crippen MR) is 86.3 cm³/mol. The molecule has 4 nitrogen and oxygen atoms in total. The number of para-hydroxylation sites is 1. The molecule has 128 valence electrons. The summed E-state index contributed by atoms with van der Waals surface area (Å²) >= 11 is 5.83. The number of carbonyl (C=O) groups excluding carboxylic acids is 1. The maximum atomic E-state index is 12.7. The third-order valence-electron chi connectivity index (χ3n) is 3.19. The quantitative estimate of drug-likeness (QED) is 0.751. The van der Waals surface area contributed by atoms with Gasteiger partial charge >= 0.3 is 12.2 Å². The third kappa shape index (κ3) is 4.62. The molecule has 0 aliphatic rings.